The summed E-state index contributed by atoms with van der Waals surface area (Å²) in [5.74, 6) is 0.0313. The van der Waals surface area contributed by atoms with Crippen molar-refractivity contribution in [2.45, 2.75) is 38.7 Å². The van der Waals surface area contributed by atoms with Gasteiger partial charge in [0.1, 0.15) is 0 Å². The average Bonchev–Trinajstić information content (AvgIpc) is 2.33. The lowest BCUT2D eigenvalue weighted by Crippen LogP contribution is -2.25. The summed E-state index contributed by atoms with van der Waals surface area (Å²) in [5.41, 5.74) is 7.55. The summed E-state index contributed by atoms with van der Waals surface area (Å²) in [6.45, 7) is 2.37. The third-order valence-corrected chi connectivity index (χ3v) is 2.80. The molecule has 0 saturated heterocycles. The molecule has 1 rings (SSSR count). The highest BCUT2D eigenvalue weighted by Crippen LogP contribution is 2.12. The first-order valence-electron chi connectivity index (χ1n) is 6.37. The third kappa shape index (κ3) is 5.68. The van der Waals surface area contributed by atoms with Crippen molar-refractivity contribution in [3.8, 4) is 0 Å². The molecule has 0 radical (unpaired) electrons. The normalized spacial score (nSPS) is 12.1. The number of nitrogens with one attached hydrogen (secondary N) is 1. The van der Waals surface area contributed by atoms with E-state index in [0.717, 1.165) is 17.7 Å². The predicted molar refractivity (Wildman–Crippen MR) is 73.1 cm³/mol. The molecular weight excluding hydrogens is 228 g/mol. The lowest BCUT2D eigenvalue weighted by molar-refractivity contribution is -0.121. The molecular formula is C14H22N2O2. The first-order valence-corrected chi connectivity index (χ1v) is 6.37. The number of nitrogen functional groups attached to an aromatic ring is 1. The summed E-state index contributed by atoms with van der Waals surface area (Å²) in [6.07, 6.45) is 2.33. The van der Waals surface area contributed by atoms with Crippen molar-refractivity contribution in [1.82, 2.24) is 5.32 Å². The van der Waals surface area contributed by atoms with Crippen LogP contribution in [-0.4, -0.2) is 23.7 Å². The molecule has 1 amide bonds. The highest BCUT2D eigenvalue weighted by atomic mass is 16.3. The van der Waals surface area contributed by atoms with Crippen LogP contribution >= 0.6 is 0 Å². The molecule has 0 aliphatic heterocycles. The van der Waals surface area contributed by atoms with Crippen LogP contribution < -0.4 is 11.1 Å². The molecule has 0 fully saturated rings. The van der Waals surface area contributed by atoms with Gasteiger partial charge in [0.15, 0.2) is 0 Å². The van der Waals surface area contributed by atoms with Gasteiger partial charge < -0.3 is 16.2 Å². The zero-order valence-electron chi connectivity index (χ0n) is 10.9. The maximum atomic E-state index is 11.6. The van der Waals surface area contributed by atoms with Crippen LogP contribution in [0.25, 0.3) is 0 Å². The van der Waals surface area contributed by atoms with E-state index in [1.165, 1.54) is 0 Å². The van der Waals surface area contributed by atoms with E-state index in [9.17, 15) is 4.79 Å². The van der Waals surface area contributed by atoms with Gasteiger partial charge in [-0.05, 0) is 37.8 Å². The van der Waals surface area contributed by atoms with Crippen LogP contribution in [0.1, 0.15) is 31.7 Å². The number of hydrogen-bond acceptors (Lipinski definition) is 3. The second-order valence-corrected chi connectivity index (χ2v) is 4.54. The van der Waals surface area contributed by atoms with E-state index in [-0.39, 0.29) is 12.0 Å². The van der Waals surface area contributed by atoms with Crippen molar-refractivity contribution in [2.24, 2.45) is 0 Å². The Balaban J connectivity index is 2.19. The molecule has 0 aromatic heterocycles. The van der Waals surface area contributed by atoms with E-state index in [1.807, 2.05) is 24.3 Å². The number of aliphatic hydroxyl groups is 1. The van der Waals surface area contributed by atoms with Crippen LogP contribution in [-0.2, 0) is 11.2 Å². The smallest absolute Gasteiger partial charge is 0.220 e. The molecule has 0 aliphatic carbocycles. The molecule has 1 unspecified atom stereocenters. The number of carbonyl (C=O) groups is 1. The van der Waals surface area contributed by atoms with Crippen LogP contribution in [0.2, 0.25) is 0 Å². The number of nitrogens with two attached hydrogens (primary N) is 1. The summed E-state index contributed by atoms with van der Waals surface area (Å²) in [5, 5.41) is 11.9. The Labute approximate surface area is 108 Å². The maximum absolute atomic E-state index is 11.6. The van der Waals surface area contributed by atoms with E-state index in [1.54, 1.807) is 6.92 Å². The van der Waals surface area contributed by atoms with Gasteiger partial charge in [-0.1, -0.05) is 18.2 Å². The molecule has 18 heavy (non-hydrogen) atoms. The Bertz CT molecular complexity index is 378. The number of para-hydroxylation sites is 1. The highest BCUT2D eigenvalue weighted by molar-refractivity contribution is 5.76. The number of anilines is 1. The zero-order valence-corrected chi connectivity index (χ0v) is 10.9. The Morgan fingerprint density at radius 2 is 2.17 bits per heavy atom. The number of aliphatic hydroxyl groups excluding tert-OH is 1. The largest absolute Gasteiger partial charge is 0.399 e. The lowest BCUT2D eigenvalue weighted by atomic mass is 10.1. The zero-order chi connectivity index (χ0) is 13.4. The number of carbonyl (C=O) groups excluding carboxylic acids is 1. The molecule has 0 spiro atoms. The minimum absolute atomic E-state index is 0.0313. The molecule has 4 N–H and O–H groups in total. The lowest BCUT2D eigenvalue weighted by Gasteiger charge is -2.07. The number of hydrogen-bond donors (Lipinski definition) is 3. The van der Waals surface area contributed by atoms with Crippen molar-refractivity contribution in [1.29, 1.82) is 0 Å². The van der Waals surface area contributed by atoms with Gasteiger partial charge in [0.05, 0.1) is 6.10 Å². The summed E-state index contributed by atoms with van der Waals surface area (Å²) < 4.78 is 0. The molecule has 0 aliphatic rings. The molecule has 4 heteroatoms. The first kappa shape index (κ1) is 14.5. The van der Waals surface area contributed by atoms with Crippen LogP contribution in [0.3, 0.4) is 0 Å². The molecule has 1 aromatic rings. The third-order valence-electron chi connectivity index (χ3n) is 2.80. The first-order chi connectivity index (χ1) is 8.59. The average molecular weight is 250 g/mol. The van der Waals surface area contributed by atoms with E-state index in [4.69, 9.17) is 10.8 Å². The van der Waals surface area contributed by atoms with Gasteiger partial charge in [-0.25, -0.2) is 0 Å². The van der Waals surface area contributed by atoms with Gasteiger partial charge in [-0.3, -0.25) is 4.79 Å². The van der Waals surface area contributed by atoms with Crippen LogP contribution in [0.4, 0.5) is 5.69 Å². The number of benzene rings is 1. The number of amides is 1. The van der Waals surface area contributed by atoms with Gasteiger partial charge in [-0.15, -0.1) is 0 Å². The fourth-order valence-electron chi connectivity index (χ4n) is 1.72. The quantitative estimate of drug-likeness (QED) is 0.507. The number of rotatable bonds is 7. The Kier molecular flexibility index (Phi) is 6.22. The van der Waals surface area contributed by atoms with Gasteiger partial charge in [0, 0.05) is 18.7 Å². The molecule has 1 aromatic carbocycles. The second kappa shape index (κ2) is 7.71. The molecule has 0 saturated carbocycles. The molecule has 0 heterocycles. The summed E-state index contributed by atoms with van der Waals surface area (Å²) in [6, 6.07) is 7.59. The molecule has 1 atom stereocenters. The minimum Gasteiger partial charge on any atom is -0.399 e. The fourth-order valence-corrected chi connectivity index (χ4v) is 1.72. The van der Waals surface area contributed by atoms with Crippen LogP contribution in [0.15, 0.2) is 24.3 Å². The van der Waals surface area contributed by atoms with Crippen molar-refractivity contribution < 1.29 is 9.90 Å². The Morgan fingerprint density at radius 3 is 2.83 bits per heavy atom. The van der Waals surface area contributed by atoms with Crippen molar-refractivity contribution in [3.63, 3.8) is 0 Å². The predicted octanol–water partition coefficient (Wildman–Crippen LogP) is 1.48. The van der Waals surface area contributed by atoms with Crippen molar-refractivity contribution in [2.75, 3.05) is 12.3 Å². The van der Waals surface area contributed by atoms with Gasteiger partial charge in [0.25, 0.3) is 0 Å². The Hall–Kier alpha value is -1.55. The maximum Gasteiger partial charge on any atom is 0.220 e. The SMILES string of the molecule is CC(O)CCCNC(=O)CCc1ccccc1N. The van der Waals surface area contributed by atoms with Crippen molar-refractivity contribution >= 4 is 11.6 Å². The molecule has 4 nitrogen and oxygen atoms in total. The van der Waals surface area contributed by atoms with Crippen molar-refractivity contribution in [3.05, 3.63) is 29.8 Å². The standard InChI is InChI=1S/C14H22N2O2/c1-11(17)5-4-10-16-14(18)9-8-12-6-2-3-7-13(12)15/h2-3,6-7,11,17H,4-5,8-10,15H2,1H3,(H,16,18). The van der Waals surface area contributed by atoms with Gasteiger partial charge in [0.2, 0.25) is 5.91 Å². The van der Waals surface area contributed by atoms with Crippen LogP contribution in [0, 0.1) is 0 Å². The van der Waals surface area contributed by atoms with E-state index < -0.39 is 0 Å². The summed E-state index contributed by atoms with van der Waals surface area (Å²) in [7, 11) is 0. The molecule has 0 bridgehead atoms. The number of aryl methyl sites for hydroxylation is 1. The summed E-state index contributed by atoms with van der Waals surface area (Å²) in [4.78, 5) is 11.6. The minimum atomic E-state index is -0.300. The Morgan fingerprint density at radius 1 is 1.44 bits per heavy atom. The molecule has 100 valence electrons. The van der Waals surface area contributed by atoms with E-state index >= 15 is 0 Å². The van der Waals surface area contributed by atoms with Gasteiger partial charge in [-0.2, -0.15) is 0 Å². The second-order valence-electron chi connectivity index (χ2n) is 4.54. The monoisotopic (exact) mass is 250 g/mol. The van der Waals surface area contributed by atoms with E-state index in [2.05, 4.69) is 5.32 Å². The highest BCUT2D eigenvalue weighted by Gasteiger charge is 2.04. The fraction of sp³-hybridized carbons (Fsp3) is 0.500. The summed E-state index contributed by atoms with van der Waals surface area (Å²) >= 11 is 0. The van der Waals surface area contributed by atoms with Gasteiger partial charge >= 0.3 is 0 Å². The van der Waals surface area contributed by atoms with E-state index in [0.29, 0.717) is 25.8 Å². The topological polar surface area (TPSA) is 75.3 Å². The van der Waals surface area contributed by atoms with Crippen LogP contribution in [0.5, 0.6) is 0 Å².